The second kappa shape index (κ2) is 9.79. The topological polar surface area (TPSA) is 69.7 Å². The molecule has 1 N–H and O–H groups in total. The third kappa shape index (κ3) is 5.71. The van der Waals surface area contributed by atoms with E-state index in [0.717, 1.165) is 12.1 Å². The van der Waals surface area contributed by atoms with Gasteiger partial charge in [0.1, 0.15) is 0 Å². The molecule has 0 atom stereocenters. The number of hydrogen-bond donors (Lipinski definition) is 1. The van der Waals surface area contributed by atoms with Gasteiger partial charge in [-0.1, -0.05) is 35.9 Å². The minimum atomic E-state index is -4.42. The molecule has 0 bridgehead atoms. The van der Waals surface area contributed by atoms with Crippen molar-refractivity contribution in [2.75, 3.05) is 35.8 Å². The first-order valence-electron chi connectivity index (χ1n) is 10.6. The maximum atomic E-state index is 13.0. The third-order valence-electron chi connectivity index (χ3n) is 5.62. The van der Waals surface area contributed by atoms with E-state index in [-0.39, 0.29) is 27.1 Å². The van der Waals surface area contributed by atoms with Gasteiger partial charge >= 0.3 is 6.18 Å². The van der Waals surface area contributed by atoms with E-state index in [2.05, 4.69) is 4.72 Å². The molecule has 0 radical (unpaired) electrons. The summed E-state index contributed by atoms with van der Waals surface area (Å²) in [5.41, 5.74) is 0.155. The predicted molar refractivity (Wildman–Crippen MR) is 128 cm³/mol. The van der Waals surface area contributed by atoms with E-state index in [1.165, 1.54) is 36.4 Å². The van der Waals surface area contributed by atoms with Gasteiger partial charge in [-0.2, -0.15) is 13.2 Å². The third-order valence-corrected chi connectivity index (χ3v) is 7.31. The van der Waals surface area contributed by atoms with Crippen molar-refractivity contribution < 1.29 is 26.4 Å². The standard InChI is InChI=1S/C24H21ClF3N3O3S/c25-21-15-17(9-10-22(21)29-35(33,34)20-7-2-1-3-8-20)23(32)31-13-11-30(12-14-31)19-6-4-5-18(16-19)24(26,27)28/h1-10,15-16,29H,11-14H2. The molecular formula is C24H21ClF3N3O3S. The molecule has 184 valence electrons. The van der Waals surface area contributed by atoms with Crippen molar-refractivity contribution in [3.8, 4) is 0 Å². The van der Waals surface area contributed by atoms with Gasteiger partial charge in [0.25, 0.3) is 15.9 Å². The summed E-state index contributed by atoms with van der Waals surface area (Å²) in [6.45, 7) is 1.37. The minimum absolute atomic E-state index is 0.0676. The highest BCUT2D eigenvalue weighted by atomic mass is 35.5. The largest absolute Gasteiger partial charge is 0.416 e. The summed E-state index contributed by atoms with van der Waals surface area (Å²) in [5.74, 6) is -0.298. The summed E-state index contributed by atoms with van der Waals surface area (Å²) in [5, 5.41) is 0.0676. The fraction of sp³-hybridized carbons (Fsp3) is 0.208. The van der Waals surface area contributed by atoms with Crippen LogP contribution >= 0.6 is 11.6 Å². The molecule has 6 nitrogen and oxygen atoms in total. The molecule has 0 unspecified atom stereocenters. The second-order valence-corrected chi connectivity index (χ2v) is 10.0. The SMILES string of the molecule is O=C(c1ccc(NS(=O)(=O)c2ccccc2)c(Cl)c1)N1CCN(c2cccc(C(F)(F)F)c2)CC1. The first kappa shape index (κ1) is 24.9. The molecule has 3 aromatic carbocycles. The molecule has 1 amide bonds. The van der Waals surface area contributed by atoms with E-state index in [0.29, 0.717) is 31.9 Å². The normalized spacial score (nSPS) is 14.6. The second-order valence-electron chi connectivity index (χ2n) is 7.94. The number of anilines is 2. The summed E-state index contributed by atoms with van der Waals surface area (Å²) in [6.07, 6.45) is -4.42. The molecule has 11 heteroatoms. The molecule has 3 aromatic rings. The molecule has 1 heterocycles. The van der Waals surface area contributed by atoms with Crippen LogP contribution in [0.2, 0.25) is 5.02 Å². The van der Waals surface area contributed by atoms with Crippen molar-refractivity contribution >= 4 is 38.9 Å². The molecule has 1 aliphatic rings. The molecule has 0 aliphatic carbocycles. The van der Waals surface area contributed by atoms with E-state index in [1.54, 1.807) is 34.1 Å². The van der Waals surface area contributed by atoms with Crippen LogP contribution in [0.15, 0.2) is 77.7 Å². The Morgan fingerprint density at radius 2 is 1.57 bits per heavy atom. The van der Waals surface area contributed by atoms with Crippen LogP contribution in [0.1, 0.15) is 15.9 Å². The highest BCUT2D eigenvalue weighted by Crippen LogP contribution is 2.32. The summed E-state index contributed by atoms with van der Waals surface area (Å²) in [6, 6.07) is 17.2. The van der Waals surface area contributed by atoms with E-state index in [1.807, 2.05) is 0 Å². The van der Waals surface area contributed by atoms with Crippen molar-refractivity contribution in [3.05, 3.63) is 88.9 Å². The number of rotatable bonds is 5. The Balaban J connectivity index is 1.41. The fourth-order valence-corrected chi connectivity index (χ4v) is 5.15. The monoisotopic (exact) mass is 523 g/mol. The van der Waals surface area contributed by atoms with Gasteiger partial charge < -0.3 is 9.80 Å². The lowest BCUT2D eigenvalue weighted by Gasteiger charge is -2.36. The lowest BCUT2D eigenvalue weighted by Crippen LogP contribution is -2.48. The zero-order chi connectivity index (χ0) is 25.2. The summed E-state index contributed by atoms with van der Waals surface area (Å²) in [7, 11) is -3.84. The maximum absolute atomic E-state index is 13.0. The smallest absolute Gasteiger partial charge is 0.368 e. The van der Waals surface area contributed by atoms with Crippen molar-refractivity contribution in [1.29, 1.82) is 0 Å². The Morgan fingerprint density at radius 1 is 0.886 bits per heavy atom. The number of alkyl halides is 3. The number of benzene rings is 3. The van der Waals surface area contributed by atoms with Gasteiger partial charge in [-0.05, 0) is 48.5 Å². The van der Waals surface area contributed by atoms with E-state index in [4.69, 9.17) is 11.6 Å². The van der Waals surface area contributed by atoms with Gasteiger partial charge in [0.15, 0.2) is 0 Å². The van der Waals surface area contributed by atoms with Crippen molar-refractivity contribution in [2.24, 2.45) is 0 Å². The Morgan fingerprint density at radius 3 is 2.20 bits per heavy atom. The Kier molecular flexibility index (Phi) is 6.95. The molecular weight excluding hydrogens is 503 g/mol. The van der Waals surface area contributed by atoms with Crippen LogP contribution in [0.25, 0.3) is 0 Å². The van der Waals surface area contributed by atoms with Gasteiger partial charge in [-0.25, -0.2) is 8.42 Å². The first-order valence-corrected chi connectivity index (χ1v) is 12.5. The van der Waals surface area contributed by atoms with Crippen LogP contribution in [0.4, 0.5) is 24.5 Å². The molecule has 0 aromatic heterocycles. The number of nitrogens with one attached hydrogen (secondary N) is 1. The number of carbonyl (C=O) groups is 1. The van der Waals surface area contributed by atoms with Crippen LogP contribution in [0.3, 0.4) is 0 Å². The first-order chi connectivity index (χ1) is 16.5. The predicted octanol–water partition coefficient (Wildman–Crippen LogP) is 5.12. The van der Waals surface area contributed by atoms with Gasteiger partial charge in [0.05, 0.1) is 21.2 Å². The van der Waals surface area contributed by atoms with Gasteiger partial charge in [-0.3, -0.25) is 9.52 Å². The molecule has 1 fully saturated rings. The maximum Gasteiger partial charge on any atom is 0.416 e. The van der Waals surface area contributed by atoms with Crippen molar-refractivity contribution in [1.82, 2.24) is 4.90 Å². The van der Waals surface area contributed by atoms with Crippen molar-refractivity contribution in [3.63, 3.8) is 0 Å². The molecule has 0 saturated carbocycles. The summed E-state index contributed by atoms with van der Waals surface area (Å²) in [4.78, 5) is 16.4. The zero-order valence-corrected chi connectivity index (χ0v) is 19.9. The number of halogens is 4. The molecule has 1 saturated heterocycles. The molecule has 1 aliphatic heterocycles. The number of hydrogen-bond acceptors (Lipinski definition) is 4. The summed E-state index contributed by atoms with van der Waals surface area (Å²) >= 11 is 6.26. The highest BCUT2D eigenvalue weighted by molar-refractivity contribution is 7.92. The Bertz CT molecular complexity index is 1330. The van der Waals surface area contributed by atoms with Crippen LogP contribution in [0, 0.1) is 0 Å². The van der Waals surface area contributed by atoms with E-state index in [9.17, 15) is 26.4 Å². The van der Waals surface area contributed by atoms with Crippen molar-refractivity contribution in [2.45, 2.75) is 11.1 Å². The average molecular weight is 524 g/mol. The Hall–Kier alpha value is -3.24. The number of piperazine rings is 1. The average Bonchev–Trinajstić information content (AvgIpc) is 2.85. The highest BCUT2D eigenvalue weighted by Gasteiger charge is 2.31. The number of sulfonamides is 1. The number of nitrogens with zero attached hydrogens (tertiary/aromatic N) is 2. The summed E-state index contributed by atoms with van der Waals surface area (Å²) < 4.78 is 66.5. The van der Waals surface area contributed by atoms with Crippen LogP contribution in [-0.4, -0.2) is 45.4 Å². The molecule has 35 heavy (non-hydrogen) atoms. The van der Waals surface area contributed by atoms with Gasteiger partial charge in [-0.15, -0.1) is 0 Å². The zero-order valence-electron chi connectivity index (χ0n) is 18.3. The quantitative estimate of drug-likeness (QED) is 0.504. The van der Waals surface area contributed by atoms with E-state index >= 15 is 0 Å². The van der Waals surface area contributed by atoms with Crippen LogP contribution in [0.5, 0.6) is 0 Å². The molecule has 0 spiro atoms. The lowest BCUT2D eigenvalue weighted by molar-refractivity contribution is -0.137. The van der Waals surface area contributed by atoms with Gasteiger partial charge in [0.2, 0.25) is 0 Å². The van der Waals surface area contributed by atoms with Gasteiger partial charge in [0, 0.05) is 37.4 Å². The number of amides is 1. The molecule has 4 rings (SSSR count). The van der Waals surface area contributed by atoms with Crippen LogP contribution in [-0.2, 0) is 16.2 Å². The lowest BCUT2D eigenvalue weighted by atomic mass is 10.1. The van der Waals surface area contributed by atoms with E-state index < -0.39 is 21.8 Å². The van der Waals surface area contributed by atoms with Crippen LogP contribution < -0.4 is 9.62 Å². The minimum Gasteiger partial charge on any atom is -0.368 e. The Labute approximate surface area is 206 Å². The fourth-order valence-electron chi connectivity index (χ4n) is 3.76. The number of carbonyl (C=O) groups excluding carboxylic acids is 1.